The number of aromatic nitrogens is 2. The van der Waals surface area contributed by atoms with Crippen molar-refractivity contribution in [2.24, 2.45) is 0 Å². The highest BCUT2D eigenvalue weighted by Crippen LogP contribution is 2.10. The molecule has 0 amide bonds. The smallest absolute Gasteiger partial charge is 0.222 e. The lowest BCUT2D eigenvalue weighted by Crippen LogP contribution is -2.08. The fourth-order valence-electron chi connectivity index (χ4n) is 1.50. The van der Waals surface area contributed by atoms with Gasteiger partial charge in [-0.15, -0.1) is 0 Å². The quantitative estimate of drug-likeness (QED) is 0.940. The maximum atomic E-state index is 4.29. The number of rotatable bonds is 4. The van der Waals surface area contributed by atoms with Crippen LogP contribution in [0.15, 0.2) is 41.0 Å². The molecule has 0 aliphatic heterocycles. The molecule has 2 rings (SSSR count). The summed E-state index contributed by atoms with van der Waals surface area (Å²) in [7, 11) is 0. The molecule has 0 fully saturated rings. The maximum Gasteiger partial charge on any atom is 0.222 e. The highest BCUT2D eigenvalue weighted by atomic mass is 79.9. The summed E-state index contributed by atoms with van der Waals surface area (Å²) in [4.78, 5) is 8.44. The van der Waals surface area contributed by atoms with E-state index in [2.05, 4.69) is 55.5 Å². The van der Waals surface area contributed by atoms with Crippen molar-refractivity contribution in [1.29, 1.82) is 0 Å². The second-order valence-electron chi connectivity index (χ2n) is 3.82. The summed E-state index contributed by atoms with van der Waals surface area (Å²) in [6, 6.07) is 10.2. The topological polar surface area (TPSA) is 37.8 Å². The van der Waals surface area contributed by atoms with Gasteiger partial charge in [0.15, 0.2) is 0 Å². The zero-order valence-corrected chi connectivity index (χ0v) is 11.2. The average Bonchev–Trinajstić information content (AvgIpc) is 2.32. The van der Waals surface area contributed by atoms with E-state index in [-0.39, 0.29) is 0 Å². The van der Waals surface area contributed by atoms with Crippen LogP contribution >= 0.6 is 15.9 Å². The first kappa shape index (κ1) is 12.0. The molecule has 3 nitrogen and oxygen atoms in total. The molecular formula is C13H14BrN3. The molecule has 1 heterocycles. The summed E-state index contributed by atoms with van der Waals surface area (Å²) >= 11 is 3.42. The van der Waals surface area contributed by atoms with E-state index < -0.39 is 0 Å². The van der Waals surface area contributed by atoms with Gasteiger partial charge in [0.1, 0.15) is 0 Å². The maximum absolute atomic E-state index is 4.29. The molecule has 1 aromatic heterocycles. The molecule has 0 saturated carbocycles. The van der Waals surface area contributed by atoms with Gasteiger partial charge in [0.2, 0.25) is 5.95 Å². The van der Waals surface area contributed by atoms with Crippen LogP contribution in [0.25, 0.3) is 0 Å². The van der Waals surface area contributed by atoms with Gasteiger partial charge in [-0.3, -0.25) is 0 Å². The molecule has 0 aliphatic rings. The molecule has 17 heavy (non-hydrogen) atoms. The van der Waals surface area contributed by atoms with Crippen LogP contribution in [0.5, 0.6) is 0 Å². The van der Waals surface area contributed by atoms with Gasteiger partial charge in [-0.1, -0.05) is 28.1 Å². The number of anilines is 1. The molecule has 4 heteroatoms. The first-order chi connectivity index (χ1) is 8.24. The number of hydrogen-bond donors (Lipinski definition) is 1. The number of aryl methyl sites for hydroxylation is 1. The minimum atomic E-state index is 0.696. The molecule has 88 valence electrons. The van der Waals surface area contributed by atoms with Crippen LogP contribution in [-0.2, 0) is 6.42 Å². The summed E-state index contributed by atoms with van der Waals surface area (Å²) in [6.45, 7) is 2.80. The van der Waals surface area contributed by atoms with E-state index in [0.29, 0.717) is 5.95 Å². The van der Waals surface area contributed by atoms with E-state index in [1.54, 1.807) is 6.20 Å². The van der Waals surface area contributed by atoms with E-state index in [9.17, 15) is 0 Å². The Morgan fingerprint density at radius 2 is 1.94 bits per heavy atom. The minimum absolute atomic E-state index is 0.696. The van der Waals surface area contributed by atoms with Gasteiger partial charge < -0.3 is 5.32 Å². The van der Waals surface area contributed by atoms with Crippen LogP contribution < -0.4 is 5.32 Å². The van der Waals surface area contributed by atoms with Gasteiger partial charge in [0.05, 0.1) is 0 Å². The van der Waals surface area contributed by atoms with Crippen molar-refractivity contribution < 1.29 is 0 Å². The van der Waals surface area contributed by atoms with Gasteiger partial charge in [0, 0.05) is 22.9 Å². The summed E-state index contributed by atoms with van der Waals surface area (Å²) in [5.74, 6) is 0.696. The predicted octanol–water partition coefficient (Wildman–Crippen LogP) is 3.20. The van der Waals surface area contributed by atoms with Crippen molar-refractivity contribution in [2.75, 3.05) is 11.9 Å². The largest absolute Gasteiger partial charge is 0.354 e. The standard InChI is InChI=1S/C13H14BrN3/c1-10-6-8-15-13(17-10)16-9-7-11-2-4-12(14)5-3-11/h2-6,8H,7,9H2,1H3,(H,15,16,17). The second-order valence-corrected chi connectivity index (χ2v) is 4.74. The van der Waals surface area contributed by atoms with Crippen molar-refractivity contribution in [3.63, 3.8) is 0 Å². The second kappa shape index (κ2) is 5.77. The zero-order valence-electron chi connectivity index (χ0n) is 9.65. The third-order valence-electron chi connectivity index (χ3n) is 2.40. The van der Waals surface area contributed by atoms with Gasteiger partial charge >= 0.3 is 0 Å². The lowest BCUT2D eigenvalue weighted by molar-refractivity contribution is 0.974. The summed E-state index contributed by atoms with van der Waals surface area (Å²) in [6.07, 6.45) is 2.73. The molecule has 2 aromatic rings. The minimum Gasteiger partial charge on any atom is -0.354 e. The fraction of sp³-hybridized carbons (Fsp3) is 0.231. The third-order valence-corrected chi connectivity index (χ3v) is 2.93. The molecule has 1 N–H and O–H groups in total. The van der Waals surface area contributed by atoms with Crippen LogP contribution in [0.1, 0.15) is 11.3 Å². The number of halogens is 1. The number of nitrogens with zero attached hydrogens (tertiary/aromatic N) is 2. The lowest BCUT2D eigenvalue weighted by atomic mass is 10.1. The van der Waals surface area contributed by atoms with Crippen molar-refractivity contribution in [1.82, 2.24) is 9.97 Å². The van der Waals surface area contributed by atoms with E-state index >= 15 is 0 Å². The van der Waals surface area contributed by atoms with Crippen LogP contribution in [0.2, 0.25) is 0 Å². The molecule has 0 aliphatic carbocycles. The van der Waals surface area contributed by atoms with E-state index in [1.807, 2.05) is 13.0 Å². The fourth-order valence-corrected chi connectivity index (χ4v) is 1.77. The molecule has 0 unspecified atom stereocenters. The lowest BCUT2D eigenvalue weighted by Gasteiger charge is -2.05. The normalized spacial score (nSPS) is 10.2. The molecular weight excluding hydrogens is 278 g/mol. The molecule has 0 saturated heterocycles. The number of nitrogens with one attached hydrogen (secondary N) is 1. The van der Waals surface area contributed by atoms with Gasteiger partial charge in [0.25, 0.3) is 0 Å². The first-order valence-electron chi connectivity index (χ1n) is 5.52. The Bertz CT molecular complexity index is 482. The summed E-state index contributed by atoms with van der Waals surface area (Å²) in [5.41, 5.74) is 2.28. The third kappa shape index (κ3) is 3.82. The van der Waals surface area contributed by atoms with Crippen LogP contribution in [0.3, 0.4) is 0 Å². The van der Waals surface area contributed by atoms with Gasteiger partial charge in [-0.05, 0) is 37.1 Å². The van der Waals surface area contributed by atoms with E-state index in [0.717, 1.165) is 23.1 Å². The Hall–Kier alpha value is -1.42. The zero-order chi connectivity index (χ0) is 12.1. The molecule has 0 radical (unpaired) electrons. The molecule has 0 spiro atoms. The first-order valence-corrected chi connectivity index (χ1v) is 6.31. The Balaban J connectivity index is 1.85. The predicted molar refractivity (Wildman–Crippen MR) is 73.1 cm³/mol. The molecule has 0 atom stereocenters. The van der Waals surface area contributed by atoms with E-state index in [1.165, 1.54) is 5.56 Å². The van der Waals surface area contributed by atoms with Crippen molar-refractivity contribution in [3.05, 3.63) is 52.3 Å². The van der Waals surface area contributed by atoms with Gasteiger partial charge in [-0.2, -0.15) is 0 Å². The average molecular weight is 292 g/mol. The van der Waals surface area contributed by atoms with E-state index in [4.69, 9.17) is 0 Å². The van der Waals surface area contributed by atoms with Crippen molar-refractivity contribution in [3.8, 4) is 0 Å². The molecule has 0 bridgehead atoms. The monoisotopic (exact) mass is 291 g/mol. The van der Waals surface area contributed by atoms with Crippen molar-refractivity contribution >= 4 is 21.9 Å². The van der Waals surface area contributed by atoms with Gasteiger partial charge in [-0.25, -0.2) is 9.97 Å². The Kier molecular flexibility index (Phi) is 4.09. The Morgan fingerprint density at radius 1 is 1.18 bits per heavy atom. The van der Waals surface area contributed by atoms with Crippen molar-refractivity contribution in [2.45, 2.75) is 13.3 Å². The molecule has 1 aromatic carbocycles. The summed E-state index contributed by atoms with van der Waals surface area (Å²) < 4.78 is 1.11. The van der Waals surface area contributed by atoms with Crippen LogP contribution in [-0.4, -0.2) is 16.5 Å². The Labute approximate surface area is 109 Å². The number of hydrogen-bond acceptors (Lipinski definition) is 3. The highest BCUT2D eigenvalue weighted by Gasteiger charge is 1.96. The number of benzene rings is 1. The van der Waals surface area contributed by atoms with Crippen LogP contribution in [0.4, 0.5) is 5.95 Å². The van der Waals surface area contributed by atoms with Crippen LogP contribution in [0, 0.1) is 6.92 Å². The highest BCUT2D eigenvalue weighted by molar-refractivity contribution is 9.10. The summed E-state index contributed by atoms with van der Waals surface area (Å²) in [5, 5.41) is 3.21. The SMILES string of the molecule is Cc1ccnc(NCCc2ccc(Br)cc2)n1. The Morgan fingerprint density at radius 3 is 2.65 bits per heavy atom.